The molecule has 3 heteroatoms. The summed E-state index contributed by atoms with van der Waals surface area (Å²) in [6.45, 7) is 4.11. The molecule has 1 saturated carbocycles. The van der Waals surface area contributed by atoms with Crippen molar-refractivity contribution >= 4 is 0 Å². The summed E-state index contributed by atoms with van der Waals surface area (Å²) in [4.78, 5) is 4.19. The molecule has 1 aliphatic rings. The van der Waals surface area contributed by atoms with Crippen LogP contribution in [0.15, 0.2) is 10.6 Å². The summed E-state index contributed by atoms with van der Waals surface area (Å²) >= 11 is 0. The van der Waals surface area contributed by atoms with E-state index in [1.165, 1.54) is 19.3 Å². The van der Waals surface area contributed by atoms with E-state index in [0.29, 0.717) is 11.8 Å². The van der Waals surface area contributed by atoms with Crippen molar-refractivity contribution in [1.29, 1.82) is 0 Å². The minimum Gasteiger partial charge on any atom is -0.444 e. The van der Waals surface area contributed by atoms with Gasteiger partial charge in [-0.1, -0.05) is 13.3 Å². The number of oxazole rings is 1. The predicted octanol–water partition coefficient (Wildman–Crippen LogP) is 2.60. The second-order valence-corrected chi connectivity index (χ2v) is 4.37. The van der Waals surface area contributed by atoms with Gasteiger partial charge in [0.25, 0.3) is 0 Å². The van der Waals surface area contributed by atoms with E-state index in [4.69, 9.17) is 10.2 Å². The fourth-order valence-electron chi connectivity index (χ4n) is 1.89. The Morgan fingerprint density at radius 3 is 2.64 bits per heavy atom. The van der Waals surface area contributed by atoms with Gasteiger partial charge in [-0.05, 0) is 25.7 Å². The van der Waals surface area contributed by atoms with Gasteiger partial charge < -0.3 is 10.2 Å². The van der Waals surface area contributed by atoms with E-state index in [1.807, 2.05) is 13.1 Å². The van der Waals surface area contributed by atoms with Crippen LogP contribution in [0.4, 0.5) is 0 Å². The maximum atomic E-state index is 5.69. The van der Waals surface area contributed by atoms with Crippen LogP contribution < -0.4 is 5.73 Å². The molecule has 2 N–H and O–H groups in total. The molecule has 0 saturated heterocycles. The molecule has 0 aromatic carbocycles. The van der Waals surface area contributed by atoms with Crippen molar-refractivity contribution in [2.75, 3.05) is 0 Å². The molecule has 2 atom stereocenters. The molecule has 0 amide bonds. The minimum atomic E-state index is -0.0997. The molecular formula is C11H18N2O. The van der Waals surface area contributed by atoms with E-state index < -0.39 is 0 Å². The molecule has 0 spiro atoms. The summed E-state index contributed by atoms with van der Waals surface area (Å²) in [5, 5.41) is 0. The zero-order valence-electron chi connectivity index (χ0n) is 8.86. The quantitative estimate of drug-likeness (QED) is 0.804. The lowest BCUT2D eigenvalue weighted by Crippen LogP contribution is -2.17. The summed E-state index contributed by atoms with van der Waals surface area (Å²) in [5.74, 6) is 2.96. The van der Waals surface area contributed by atoms with Crippen LogP contribution in [0.25, 0.3) is 0 Å². The SMILES string of the molecule is CC(N)c1ncc(C(C)C2CCC2)o1. The molecular weight excluding hydrogens is 176 g/mol. The highest BCUT2D eigenvalue weighted by Gasteiger charge is 2.27. The molecule has 0 radical (unpaired) electrons. The molecule has 1 aromatic heterocycles. The minimum absolute atomic E-state index is 0.0997. The third kappa shape index (κ3) is 1.69. The van der Waals surface area contributed by atoms with Gasteiger partial charge in [-0.15, -0.1) is 0 Å². The molecule has 14 heavy (non-hydrogen) atoms. The topological polar surface area (TPSA) is 52.0 Å². The standard InChI is InChI=1S/C11H18N2O/c1-7(9-4-3-5-9)10-6-13-11(14-10)8(2)12/h6-9H,3-5,12H2,1-2H3. The van der Waals surface area contributed by atoms with Crippen LogP contribution in [-0.2, 0) is 0 Å². The van der Waals surface area contributed by atoms with Crippen molar-refractivity contribution in [3.05, 3.63) is 17.8 Å². The van der Waals surface area contributed by atoms with Gasteiger partial charge in [0.1, 0.15) is 5.76 Å². The van der Waals surface area contributed by atoms with Crippen LogP contribution >= 0.6 is 0 Å². The van der Waals surface area contributed by atoms with Crippen molar-refractivity contribution in [3.8, 4) is 0 Å². The lowest BCUT2D eigenvalue weighted by molar-refractivity contribution is 0.245. The second-order valence-electron chi connectivity index (χ2n) is 4.37. The van der Waals surface area contributed by atoms with Crippen molar-refractivity contribution in [3.63, 3.8) is 0 Å². The zero-order valence-corrected chi connectivity index (χ0v) is 8.86. The number of aromatic nitrogens is 1. The Morgan fingerprint density at radius 2 is 2.21 bits per heavy atom. The molecule has 1 aromatic rings. The van der Waals surface area contributed by atoms with Gasteiger partial charge in [-0.25, -0.2) is 4.98 Å². The van der Waals surface area contributed by atoms with E-state index in [-0.39, 0.29) is 6.04 Å². The first-order valence-electron chi connectivity index (χ1n) is 5.39. The summed E-state index contributed by atoms with van der Waals surface area (Å²) in [5.41, 5.74) is 5.69. The van der Waals surface area contributed by atoms with Crippen molar-refractivity contribution in [1.82, 2.24) is 4.98 Å². The number of hydrogen-bond donors (Lipinski definition) is 1. The highest BCUT2D eigenvalue weighted by molar-refractivity contribution is 5.05. The van der Waals surface area contributed by atoms with Gasteiger partial charge in [0, 0.05) is 5.92 Å². The first-order valence-corrected chi connectivity index (χ1v) is 5.39. The highest BCUT2D eigenvalue weighted by Crippen LogP contribution is 2.39. The van der Waals surface area contributed by atoms with E-state index in [0.717, 1.165) is 11.7 Å². The van der Waals surface area contributed by atoms with Crippen molar-refractivity contribution in [2.24, 2.45) is 11.7 Å². The van der Waals surface area contributed by atoms with Gasteiger partial charge in [0.2, 0.25) is 5.89 Å². The van der Waals surface area contributed by atoms with Crippen molar-refractivity contribution in [2.45, 2.75) is 45.1 Å². The Kier molecular flexibility index (Phi) is 2.59. The van der Waals surface area contributed by atoms with Crippen LogP contribution in [0.5, 0.6) is 0 Å². The van der Waals surface area contributed by atoms with Crippen LogP contribution in [0.2, 0.25) is 0 Å². The smallest absolute Gasteiger partial charge is 0.211 e. The average molecular weight is 194 g/mol. The molecule has 1 fully saturated rings. The molecule has 2 unspecified atom stereocenters. The third-order valence-electron chi connectivity index (χ3n) is 3.24. The lowest BCUT2D eigenvalue weighted by Gasteiger charge is -2.29. The monoisotopic (exact) mass is 194 g/mol. The summed E-state index contributed by atoms with van der Waals surface area (Å²) in [7, 11) is 0. The second kappa shape index (κ2) is 3.73. The number of hydrogen-bond acceptors (Lipinski definition) is 3. The third-order valence-corrected chi connectivity index (χ3v) is 3.24. The van der Waals surface area contributed by atoms with E-state index in [1.54, 1.807) is 0 Å². The molecule has 1 heterocycles. The van der Waals surface area contributed by atoms with Crippen LogP contribution in [0.1, 0.15) is 56.7 Å². The Hall–Kier alpha value is -0.830. The Balaban J connectivity index is 2.07. The highest BCUT2D eigenvalue weighted by atomic mass is 16.4. The summed E-state index contributed by atoms with van der Waals surface area (Å²) in [6, 6.07) is -0.0997. The maximum absolute atomic E-state index is 5.69. The first-order chi connectivity index (χ1) is 6.68. The molecule has 0 bridgehead atoms. The molecule has 78 valence electrons. The Labute approximate surface area is 84.7 Å². The lowest BCUT2D eigenvalue weighted by atomic mass is 9.76. The van der Waals surface area contributed by atoms with Crippen LogP contribution in [0, 0.1) is 5.92 Å². The predicted molar refractivity (Wildman–Crippen MR) is 54.9 cm³/mol. The van der Waals surface area contributed by atoms with Crippen LogP contribution in [-0.4, -0.2) is 4.98 Å². The molecule has 2 rings (SSSR count). The Morgan fingerprint density at radius 1 is 1.50 bits per heavy atom. The normalized spacial score (nSPS) is 21.6. The van der Waals surface area contributed by atoms with Gasteiger partial charge >= 0.3 is 0 Å². The largest absolute Gasteiger partial charge is 0.444 e. The number of nitrogens with zero attached hydrogens (tertiary/aromatic N) is 1. The number of rotatable bonds is 3. The molecule has 3 nitrogen and oxygen atoms in total. The summed E-state index contributed by atoms with van der Waals surface area (Å²) in [6.07, 6.45) is 5.86. The zero-order chi connectivity index (χ0) is 10.1. The van der Waals surface area contributed by atoms with Crippen LogP contribution in [0.3, 0.4) is 0 Å². The average Bonchev–Trinajstić information content (AvgIpc) is 2.48. The Bertz CT molecular complexity index is 302. The summed E-state index contributed by atoms with van der Waals surface area (Å²) < 4.78 is 5.63. The molecule has 1 aliphatic carbocycles. The fourth-order valence-corrected chi connectivity index (χ4v) is 1.89. The first kappa shape index (κ1) is 9.71. The van der Waals surface area contributed by atoms with Gasteiger partial charge in [0.05, 0.1) is 12.2 Å². The number of nitrogens with two attached hydrogens (primary N) is 1. The fraction of sp³-hybridized carbons (Fsp3) is 0.727. The van der Waals surface area contributed by atoms with Crippen molar-refractivity contribution < 1.29 is 4.42 Å². The maximum Gasteiger partial charge on any atom is 0.211 e. The van der Waals surface area contributed by atoms with Gasteiger partial charge in [0.15, 0.2) is 0 Å². The van der Waals surface area contributed by atoms with E-state index in [2.05, 4.69) is 11.9 Å². The van der Waals surface area contributed by atoms with Gasteiger partial charge in [-0.2, -0.15) is 0 Å². The molecule has 0 aliphatic heterocycles. The van der Waals surface area contributed by atoms with E-state index in [9.17, 15) is 0 Å². The van der Waals surface area contributed by atoms with Gasteiger partial charge in [-0.3, -0.25) is 0 Å². The van der Waals surface area contributed by atoms with E-state index >= 15 is 0 Å².